The molecule has 0 saturated carbocycles. The van der Waals surface area contributed by atoms with E-state index in [4.69, 9.17) is 16.0 Å². The smallest absolute Gasteiger partial charge is 0.234 e. The number of ketones is 2. The molecule has 1 aromatic heterocycles. The van der Waals surface area contributed by atoms with Crippen LogP contribution in [0.4, 0.5) is 5.69 Å². The summed E-state index contributed by atoms with van der Waals surface area (Å²) in [4.78, 5) is 38.9. The molecule has 7 nitrogen and oxygen atoms in total. The van der Waals surface area contributed by atoms with Crippen molar-refractivity contribution in [2.45, 2.75) is 25.2 Å². The molecule has 0 bridgehead atoms. The van der Waals surface area contributed by atoms with E-state index in [1.165, 1.54) is 24.1 Å². The standard InChI is InChI=1S/C29H22ClN3O4S/c30-18-11-12-21(19(14-18)28(36)17-6-2-1-3-7-17)32-25(35)16-38-29-20(15-31)26(24-10-5-13-37-24)27-22(33-29)8-4-9-23(27)34/h1-3,5-7,10-14,26,33H,4,8-9,16H2,(H,32,35)/t26-/m1/s1. The topological polar surface area (TPSA) is 112 Å². The summed E-state index contributed by atoms with van der Waals surface area (Å²) in [6.45, 7) is 0. The summed E-state index contributed by atoms with van der Waals surface area (Å²) in [7, 11) is 0. The molecule has 1 atom stereocenters. The molecule has 2 N–H and O–H groups in total. The molecule has 0 fully saturated rings. The Morgan fingerprint density at radius 1 is 1.13 bits per heavy atom. The zero-order valence-electron chi connectivity index (χ0n) is 20.1. The van der Waals surface area contributed by atoms with Gasteiger partial charge in [-0.3, -0.25) is 14.4 Å². The number of rotatable bonds is 7. The molecule has 1 aliphatic carbocycles. The van der Waals surface area contributed by atoms with Crippen LogP contribution >= 0.6 is 23.4 Å². The van der Waals surface area contributed by atoms with Crippen molar-refractivity contribution in [2.75, 3.05) is 11.1 Å². The van der Waals surface area contributed by atoms with Crippen LogP contribution in [-0.2, 0) is 9.59 Å². The maximum Gasteiger partial charge on any atom is 0.234 e. The highest BCUT2D eigenvalue weighted by Gasteiger charge is 2.38. The first-order valence-corrected chi connectivity index (χ1v) is 13.4. The molecule has 0 saturated heterocycles. The first-order valence-electron chi connectivity index (χ1n) is 12.0. The summed E-state index contributed by atoms with van der Waals surface area (Å²) >= 11 is 7.32. The molecule has 190 valence electrons. The van der Waals surface area contributed by atoms with Crippen LogP contribution in [0.1, 0.15) is 46.9 Å². The van der Waals surface area contributed by atoms with Gasteiger partial charge in [-0.15, -0.1) is 0 Å². The van der Waals surface area contributed by atoms with Gasteiger partial charge in [0.25, 0.3) is 0 Å². The Bertz CT molecular complexity index is 1520. The van der Waals surface area contributed by atoms with Gasteiger partial charge in [-0.1, -0.05) is 53.7 Å². The molecule has 2 aromatic carbocycles. The minimum Gasteiger partial charge on any atom is -0.468 e. The molecule has 2 aliphatic rings. The van der Waals surface area contributed by atoms with E-state index in [1.807, 2.05) is 6.07 Å². The average Bonchev–Trinajstić information content (AvgIpc) is 3.47. The Morgan fingerprint density at radius 2 is 1.95 bits per heavy atom. The number of anilines is 1. The van der Waals surface area contributed by atoms with Gasteiger partial charge in [0.2, 0.25) is 5.91 Å². The Hall–Kier alpha value is -4.06. The molecule has 5 rings (SSSR count). The summed E-state index contributed by atoms with van der Waals surface area (Å²) in [5.74, 6) is -0.763. The Labute approximate surface area is 228 Å². The number of nitriles is 1. The lowest BCUT2D eigenvalue weighted by molar-refractivity contribution is -0.116. The first kappa shape index (κ1) is 25.6. The number of Topliss-reactive ketones (excluding diaryl/α,β-unsaturated/α-hetero) is 1. The van der Waals surface area contributed by atoms with Crippen molar-refractivity contribution >= 4 is 46.5 Å². The van der Waals surface area contributed by atoms with Gasteiger partial charge in [-0.25, -0.2) is 0 Å². The predicted molar refractivity (Wildman–Crippen MR) is 146 cm³/mol. The number of furan rings is 1. The fraction of sp³-hybridized carbons (Fsp3) is 0.172. The third kappa shape index (κ3) is 5.17. The van der Waals surface area contributed by atoms with Gasteiger partial charge < -0.3 is 15.1 Å². The van der Waals surface area contributed by atoms with E-state index in [1.54, 1.807) is 48.5 Å². The number of carbonyl (C=O) groups is 3. The monoisotopic (exact) mass is 543 g/mol. The third-order valence-corrected chi connectivity index (χ3v) is 7.63. The molecular weight excluding hydrogens is 522 g/mol. The van der Waals surface area contributed by atoms with Crippen molar-refractivity contribution in [1.29, 1.82) is 5.26 Å². The molecule has 0 spiro atoms. The second-order valence-electron chi connectivity index (χ2n) is 8.82. The summed E-state index contributed by atoms with van der Waals surface area (Å²) in [6.07, 6.45) is 3.32. The number of hydrogen-bond donors (Lipinski definition) is 2. The zero-order valence-corrected chi connectivity index (χ0v) is 21.7. The maximum absolute atomic E-state index is 13.1. The van der Waals surface area contributed by atoms with Gasteiger partial charge in [-0.2, -0.15) is 5.26 Å². The van der Waals surface area contributed by atoms with Gasteiger partial charge in [0.15, 0.2) is 11.6 Å². The summed E-state index contributed by atoms with van der Waals surface area (Å²) in [5.41, 5.74) is 2.75. The molecule has 38 heavy (non-hydrogen) atoms. The molecule has 3 aromatic rings. The molecule has 0 unspecified atom stereocenters. The summed E-state index contributed by atoms with van der Waals surface area (Å²) in [6, 6.07) is 19.2. The average molecular weight is 544 g/mol. The van der Waals surface area contributed by atoms with Crippen LogP contribution in [0.3, 0.4) is 0 Å². The molecule has 9 heteroatoms. The Balaban J connectivity index is 1.37. The lowest BCUT2D eigenvalue weighted by Gasteiger charge is -2.32. The number of nitrogens with one attached hydrogen (secondary N) is 2. The van der Waals surface area contributed by atoms with Gasteiger partial charge in [0.05, 0.1) is 40.3 Å². The van der Waals surface area contributed by atoms with E-state index in [9.17, 15) is 19.6 Å². The second-order valence-corrected chi connectivity index (χ2v) is 10.2. The van der Waals surface area contributed by atoms with Crippen LogP contribution < -0.4 is 10.6 Å². The fourth-order valence-corrected chi connectivity index (χ4v) is 5.69. The van der Waals surface area contributed by atoms with E-state index < -0.39 is 5.92 Å². The van der Waals surface area contributed by atoms with Gasteiger partial charge in [-0.05, 0) is 43.2 Å². The number of carbonyl (C=O) groups excluding carboxylic acids is 3. The van der Waals surface area contributed by atoms with E-state index in [2.05, 4.69) is 16.7 Å². The van der Waals surface area contributed by atoms with E-state index in [0.29, 0.717) is 57.5 Å². The molecule has 2 heterocycles. The number of halogens is 1. The lowest BCUT2D eigenvalue weighted by atomic mass is 9.79. The van der Waals surface area contributed by atoms with Crippen molar-refractivity contribution in [2.24, 2.45) is 0 Å². The highest BCUT2D eigenvalue weighted by molar-refractivity contribution is 8.03. The van der Waals surface area contributed by atoms with Crippen LogP contribution in [0.25, 0.3) is 0 Å². The van der Waals surface area contributed by atoms with Crippen molar-refractivity contribution < 1.29 is 18.8 Å². The number of allylic oxidation sites excluding steroid dienone is 3. The highest BCUT2D eigenvalue weighted by atomic mass is 35.5. The molecule has 1 amide bonds. The van der Waals surface area contributed by atoms with Crippen LogP contribution in [0.5, 0.6) is 0 Å². The van der Waals surface area contributed by atoms with Crippen molar-refractivity contribution in [1.82, 2.24) is 5.32 Å². The minimum atomic E-state index is -0.615. The van der Waals surface area contributed by atoms with E-state index >= 15 is 0 Å². The van der Waals surface area contributed by atoms with Crippen molar-refractivity contribution in [3.8, 4) is 6.07 Å². The zero-order chi connectivity index (χ0) is 26.6. The van der Waals surface area contributed by atoms with E-state index in [-0.39, 0.29) is 28.8 Å². The molecule has 0 radical (unpaired) electrons. The Morgan fingerprint density at radius 3 is 2.68 bits per heavy atom. The second kappa shape index (κ2) is 11.1. The van der Waals surface area contributed by atoms with Crippen LogP contribution in [-0.4, -0.2) is 23.2 Å². The largest absolute Gasteiger partial charge is 0.468 e. The third-order valence-electron chi connectivity index (χ3n) is 6.37. The predicted octanol–water partition coefficient (Wildman–Crippen LogP) is 5.96. The Kier molecular flexibility index (Phi) is 7.50. The molecular formula is C29H22ClN3O4S. The van der Waals surface area contributed by atoms with Crippen molar-refractivity contribution in [3.63, 3.8) is 0 Å². The number of hydrogen-bond acceptors (Lipinski definition) is 7. The van der Waals surface area contributed by atoms with Crippen molar-refractivity contribution in [3.05, 3.63) is 111 Å². The highest BCUT2D eigenvalue weighted by Crippen LogP contribution is 2.44. The SMILES string of the molecule is N#CC1=C(SCC(=O)Nc2ccc(Cl)cc2C(=O)c2ccccc2)NC2=C(C(=O)CCC2)[C@H]1c1ccco1. The van der Waals surface area contributed by atoms with Crippen LogP contribution in [0.15, 0.2) is 93.2 Å². The number of benzene rings is 2. The number of dihydropyridines is 1. The first-order chi connectivity index (χ1) is 18.5. The van der Waals surface area contributed by atoms with E-state index in [0.717, 1.165) is 5.70 Å². The van der Waals surface area contributed by atoms with Gasteiger partial charge in [0, 0.05) is 33.8 Å². The normalized spacial score (nSPS) is 16.9. The quantitative estimate of drug-likeness (QED) is 0.353. The maximum atomic E-state index is 13.1. The number of amides is 1. The van der Waals surface area contributed by atoms with Crippen LogP contribution in [0.2, 0.25) is 5.02 Å². The summed E-state index contributed by atoms with van der Waals surface area (Å²) in [5, 5.41) is 17.0. The number of thioether (sulfide) groups is 1. The fourth-order valence-electron chi connectivity index (χ4n) is 4.66. The summed E-state index contributed by atoms with van der Waals surface area (Å²) < 4.78 is 5.61. The number of nitrogens with zero attached hydrogens (tertiary/aromatic N) is 1. The molecule has 1 aliphatic heterocycles. The van der Waals surface area contributed by atoms with Crippen LogP contribution in [0, 0.1) is 11.3 Å². The van der Waals surface area contributed by atoms with Gasteiger partial charge >= 0.3 is 0 Å². The minimum absolute atomic E-state index is 0.00644. The lowest BCUT2D eigenvalue weighted by Crippen LogP contribution is -2.31. The van der Waals surface area contributed by atoms with Gasteiger partial charge in [0.1, 0.15) is 5.76 Å².